The first-order valence-electron chi connectivity index (χ1n) is 5.37. The van der Waals surface area contributed by atoms with E-state index in [1.54, 1.807) is 16.4 Å². The van der Waals surface area contributed by atoms with Gasteiger partial charge in [-0.3, -0.25) is 0 Å². The number of halogens is 1. The summed E-state index contributed by atoms with van der Waals surface area (Å²) in [6, 6.07) is 9.90. The molecule has 5 heteroatoms. The van der Waals surface area contributed by atoms with Crippen LogP contribution in [0.2, 0.25) is 0 Å². The van der Waals surface area contributed by atoms with E-state index in [1.807, 2.05) is 50.4 Å². The number of anilines is 1. The lowest BCUT2D eigenvalue weighted by molar-refractivity contribution is 0.846. The molecule has 0 bridgehead atoms. The van der Waals surface area contributed by atoms with Crippen LogP contribution in [0.1, 0.15) is 13.8 Å². The van der Waals surface area contributed by atoms with Crippen LogP contribution in [0, 0.1) is 3.57 Å². The van der Waals surface area contributed by atoms with Crippen molar-refractivity contribution in [1.82, 2.24) is 9.78 Å². The normalized spacial score (nSPS) is 9.65. The summed E-state index contributed by atoms with van der Waals surface area (Å²) >= 11 is 3.83. The van der Waals surface area contributed by atoms with Gasteiger partial charge in [0.2, 0.25) is 0 Å². The largest absolute Gasteiger partial charge is 0.383 e. The van der Waals surface area contributed by atoms with Crippen molar-refractivity contribution in [2.45, 2.75) is 18.9 Å². The van der Waals surface area contributed by atoms with E-state index in [0.29, 0.717) is 5.82 Å². The smallest absolute Gasteiger partial charge is 0.141 e. The first-order chi connectivity index (χ1) is 8.24. The van der Waals surface area contributed by atoms with Gasteiger partial charge in [-0.15, -0.1) is 11.8 Å². The zero-order chi connectivity index (χ0) is 12.8. The number of nitrogens with two attached hydrogens (primary N) is 1. The molecule has 0 saturated carbocycles. The summed E-state index contributed by atoms with van der Waals surface area (Å²) in [5.41, 5.74) is 6.98. The van der Waals surface area contributed by atoms with Gasteiger partial charge in [0, 0.05) is 0 Å². The van der Waals surface area contributed by atoms with Crippen LogP contribution < -0.4 is 5.73 Å². The van der Waals surface area contributed by atoms with Crippen molar-refractivity contribution in [3.63, 3.8) is 0 Å². The second-order valence-electron chi connectivity index (χ2n) is 2.96. The van der Waals surface area contributed by atoms with Gasteiger partial charge < -0.3 is 5.73 Å². The van der Waals surface area contributed by atoms with E-state index < -0.39 is 0 Å². The minimum Gasteiger partial charge on any atom is -0.383 e. The number of hydrogen-bond donors (Lipinski definition) is 1. The highest BCUT2D eigenvalue weighted by atomic mass is 127. The number of nitrogens with zero attached hydrogens (tertiary/aromatic N) is 2. The maximum atomic E-state index is 5.99. The summed E-state index contributed by atoms with van der Waals surface area (Å²) in [7, 11) is 0. The Morgan fingerprint density at radius 2 is 1.82 bits per heavy atom. The highest BCUT2D eigenvalue weighted by Crippen LogP contribution is 2.28. The molecule has 0 aliphatic heterocycles. The summed E-state index contributed by atoms with van der Waals surface area (Å²) in [4.78, 5) is 0. The van der Waals surface area contributed by atoms with E-state index in [4.69, 9.17) is 5.73 Å². The van der Waals surface area contributed by atoms with Crippen molar-refractivity contribution < 1.29 is 0 Å². The van der Waals surface area contributed by atoms with Gasteiger partial charge in [-0.2, -0.15) is 5.10 Å². The zero-order valence-electron chi connectivity index (χ0n) is 10.1. The van der Waals surface area contributed by atoms with Gasteiger partial charge in [-0.1, -0.05) is 32.0 Å². The highest BCUT2D eigenvalue weighted by Gasteiger charge is 2.12. The molecule has 0 aliphatic rings. The lowest BCUT2D eigenvalue weighted by atomic mass is 10.3. The third-order valence-corrected chi connectivity index (χ3v) is 4.13. The standard InChI is InChI=1S/C10H10IN3S.C2H6/c1-15-10-8(11)9(12)14(13-10)7-5-3-2-4-6-7;1-2/h2-6H,12H2,1H3;1-2H3. The van der Waals surface area contributed by atoms with Gasteiger partial charge in [0.05, 0.1) is 9.26 Å². The van der Waals surface area contributed by atoms with Gasteiger partial charge in [0.1, 0.15) is 10.8 Å². The molecule has 0 spiro atoms. The molecule has 92 valence electrons. The fourth-order valence-corrected chi connectivity index (χ4v) is 2.73. The number of benzene rings is 1. The first kappa shape index (κ1) is 14.4. The van der Waals surface area contributed by atoms with Crippen molar-refractivity contribution in [1.29, 1.82) is 0 Å². The van der Waals surface area contributed by atoms with Crippen LogP contribution in [-0.4, -0.2) is 16.0 Å². The maximum Gasteiger partial charge on any atom is 0.141 e. The molecule has 2 rings (SSSR count). The quantitative estimate of drug-likeness (QED) is 0.654. The number of aromatic nitrogens is 2. The number of nitrogen functional groups attached to an aromatic ring is 1. The van der Waals surface area contributed by atoms with Crippen LogP contribution in [0.25, 0.3) is 5.69 Å². The van der Waals surface area contributed by atoms with Crippen molar-refractivity contribution in [3.05, 3.63) is 33.9 Å². The Balaban J connectivity index is 0.000000686. The molecule has 17 heavy (non-hydrogen) atoms. The summed E-state index contributed by atoms with van der Waals surface area (Å²) in [5, 5.41) is 5.41. The molecular weight excluding hydrogens is 345 g/mol. The topological polar surface area (TPSA) is 43.8 Å². The second-order valence-corrected chi connectivity index (χ2v) is 4.83. The van der Waals surface area contributed by atoms with E-state index in [-0.39, 0.29) is 0 Å². The number of thioether (sulfide) groups is 1. The van der Waals surface area contributed by atoms with E-state index in [2.05, 4.69) is 27.7 Å². The van der Waals surface area contributed by atoms with E-state index >= 15 is 0 Å². The predicted molar refractivity (Wildman–Crippen MR) is 83.8 cm³/mol. The molecule has 0 radical (unpaired) electrons. The fraction of sp³-hybridized carbons (Fsp3) is 0.250. The number of para-hydroxylation sites is 1. The maximum absolute atomic E-state index is 5.99. The summed E-state index contributed by atoms with van der Waals surface area (Å²) in [6.45, 7) is 4.00. The molecule has 2 N–H and O–H groups in total. The van der Waals surface area contributed by atoms with Crippen LogP contribution in [0.4, 0.5) is 5.82 Å². The summed E-state index contributed by atoms with van der Waals surface area (Å²) in [6.07, 6.45) is 2.00. The van der Waals surface area contributed by atoms with Gasteiger partial charge >= 0.3 is 0 Å². The van der Waals surface area contributed by atoms with Gasteiger partial charge in [0.15, 0.2) is 0 Å². The lowest BCUT2D eigenvalue weighted by Gasteiger charge is -2.02. The Morgan fingerprint density at radius 3 is 2.29 bits per heavy atom. The summed E-state index contributed by atoms with van der Waals surface area (Å²) < 4.78 is 2.79. The molecule has 1 aromatic carbocycles. The second kappa shape index (κ2) is 6.90. The van der Waals surface area contributed by atoms with E-state index in [1.165, 1.54) is 0 Å². The van der Waals surface area contributed by atoms with E-state index in [9.17, 15) is 0 Å². The molecule has 0 unspecified atom stereocenters. The number of rotatable bonds is 2. The van der Waals surface area contributed by atoms with Gasteiger partial charge in [-0.25, -0.2) is 4.68 Å². The predicted octanol–water partition coefficient (Wildman–Crippen LogP) is 3.81. The van der Waals surface area contributed by atoms with E-state index in [0.717, 1.165) is 14.3 Å². The van der Waals surface area contributed by atoms with Gasteiger partial charge in [0.25, 0.3) is 0 Å². The highest BCUT2D eigenvalue weighted by molar-refractivity contribution is 14.1. The molecule has 2 aromatic rings. The number of hydrogen-bond acceptors (Lipinski definition) is 3. The average molecular weight is 361 g/mol. The SMILES string of the molecule is CC.CSc1nn(-c2ccccc2)c(N)c1I. The first-order valence-corrected chi connectivity index (χ1v) is 7.68. The van der Waals surface area contributed by atoms with Crippen LogP contribution in [-0.2, 0) is 0 Å². The Kier molecular flexibility index (Phi) is 5.84. The summed E-state index contributed by atoms with van der Waals surface area (Å²) in [5.74, 6) is 0.700. The van der Waals surface area contributed by atoms with Crippen molar-refractivity contribution in [2.75, 3.05) is 12.0 Å². The van der Waals surface area contributed by atoms with Crippen molar-refractivity contribution in [3.8, 4) is 5.69 Å². The molecule has 1 aromatic heterocycles. The van der Waals surface area contributed by atoms with Crippen LogP contribution >= 0.6 is 34.4 Å². The van der Waals surface area contributed by atoms with Crippen LogP contribution in [0.15, 0.2) is 35.4 Å². The fourth-order valence-electron chi connectivity index (χ4n) is 1.29. The molecule has 0 amide bonds. The Morgan fingerprint density at radius 1 is 1.24 bits per heavy atom. The van der Waals surface area contributed by atoms with Crippen molar-refractivity contribution >= 4 is 40.2 Å². The Bertz CT molecular complexity index is 468. The van der Waals surface area contributed by atoms with Crippen molar-refractivity contribution in [2.24, 2.45) is 0 Å². The Hall–Kier alpha value is -0.690. The van der Waals surface area contributed by atoms with Crippen LogP contribution in [0.3, 0.4) is 0 Å². The zero-order valence-corrected chi connectivity index (χ0v) is 13.1. The van der Waals surface area contributed by atoms with Crippen LogP contribution in [0.5, 0.6) is 0 Å². The molecule has 3 nitrogen and oxygen atoms in total. The molecular formula is C12H16IN3S. The average Bonchev–Trinajstić information content (AvgIpc) is 2.69. The van der Waals surface area contributed by atoms with Gasteiger partial charge in [-0.05, 0) is 41.0 Å². The molecule has 0 saturated heterocycles. The minimum atomic E-state index is 0.700. The third-order valence-electron chi connectivity index (χ3n) is 2.03. The Labute approximate surface area is 120 Å². The molecule has 0 aliphatic carbocycles. The lowest BCUT2D eigenvalue weighted by Crippen LogP contribution is -2.01. The third kappa shape index (κ3) is 3.16. The molecule has 0 atom stereocenters. The monoisotopic (exact) mass is 361 g/mol. The molecule has 1 heterocycles. The molecule has 0 fully saturated rings. The minimum absolute atomic E-state index is 0.700.